The van der Waals surface area contributed by atoms with Crippen LogP contribution < -0.4 is 16.0 Å². The van der Waals surface area contributed by atoms with Crippen LogP contribution in [0.15, 0.2) is 90.7 Å². The fourth-order valence-electron chi connectivity index (χ4n) is 5.32. The molecule has 0 unspecified atom stereocenters. The molecular formula is C37H45N5O6S. The number of aryl methyl sites for hydroxylation is 1. The number of amides is 3. The van der Waals surface area contributed by atoms with Crippen molar-refractivity contribution in [2.75, 3.05) is 6.61 Å². The largest absolute Gasteiger partial charge is 0.449 e. The Bertz CT molecular complexity index is 1590. The van der Waals surface area contributed by atoms with E-state index < -0.39 is 42.3 Å². The normalized spacial score (nSPS) is 13.5. The van der Waals surface area contributed by atoms with E-state index in [1.807, 2.05) is 87.5 Å². The minimum atomic E-state index is -1.07. The van der Waals surface area contributed by atoms with Gasteiger partial charge in [0.05, 0.1) is 30.0 Å². The molecule has 49 heavy (non-hydrogen) atoms. The van der Waals surface area contributed by atoms with Crippen molar-refractivity contribution >= 4 is 29.4 Å². The predicted molar refractivity (Wildman–Crippen MR) is 188 cm³/mol. The molecule has 4 atom stereocenters. The van der Waals surface area contributed by atoms with Crippen molar-refractivity contribution in [3.05, 3.63) is 118 Å². The van der Waals surface area contributed by atoms with Crippen molar-refractivity contribution in [2.24, 2.45) is 5.92 Å². The molecule has 3 amide bonds. The summed E-state index contributed by atoms with van der Waals surface area (Å²) in [6, 6.07) is 20.5. The van der Waals surface area contributed by atoms with Crippen LogP contribution in [0.2, 0.25) is 0 Å². The number of nitrogens with zero attached hydrogens (tertiary/aromatic N) is 2. The average molecular weight is 688 g/mol. The van der Waals surface area contributed by atoms with Crippen LogP contribution in [0.1, 0.15) is 47.5 Å². The minimum Gasteiger partial charge on any atom is -0.449 e. The number of alkyl carbamates (subject to hydrolysis) is 2. The van der Waals surface area contributed by atoms with E-state index in [4.69, 9.17) is 9.47 Å². The van der Waals surface area contributed by atoms with E-state index in [0.717, 1.165) is 27.3 Å². The van der Waals surface area contributed by atoms with Crippen molar-refractivity contribution in [1.82, 2.24) is 25.9 Å². The fraction of sp³-hybridized carbons (Fsp3) is 0.378. The number of hydrogen-bond acceptors (Lipinski definition) is 9. The molecule has 0 bridgehead atoms. The summed E-state index contributed by atoms with van der Waals surface area (Å²) in [4.78, 5) is 48.6. The number of hydrogen-bond donors (Lipinski definition) is 4. The molecule has 0 saturated heterocycles. The van der Waals surface area contributed by atoms with Gasteiger partial charge >= 0.3 is 12.2 Å². The van der Waals surface area contributed by atoms with E-state index in [1.165, 1.54) is 11.3 Å². The van der Waals surface area contributed by atoms with Crippen LogP contribution in [-0.4, -0.2) is 64.0 Å². The summed E-state index contributed by atoms with van der Waals surface area (Å²) in [5, 5.41) is 20.3. The highest BCUT2D eigenvalue weighted by atomic mass is 32.1. The molecule has 0 aliphatic heterocycles. The van der Waals surface area contributed by atoms with Gasteiger partial charge in [-0.05, 0) is 49.3 Å². The first kappa shape index (κ1) is 37.0. The van der Waals surface area contributed by atoms with E-state index in [-0.39, 0.29) is 25.6 Å². The van der Waals surface area contributed by atoms with E-state index in [0.29, 0.717) is 19.3 Å². The number of aliphatic hydroxyl groups is 1. The smallest absolute Gasteiger partial charge is 0.407 e. The molecule has 0 fully saturated rings. The predicted octanol–water partition coefficient (Wildman–Crippen LogP) is 5.16. The van der Waals surface area contributed by atoms with E-state index >= 15 is 0 Å². The second-order valence-electron chi connectivity index (χ2n) is 12.2. The number of benzene rings is 2. The fourth-order valence-corrected chi connectivity index (χ4v) is 6.08. The van der Waals surface area contributed by atoms with Crippen LogP contribution in [0.3, 0.4) is 0 Å². The van der Waals surface area contributed by atoms with Crippen molar-refractivity contribution in [3.8, 4) is 0 Å². The van der Waals surface area contributed by atoms with Gasteiger partial charge in [-0.1, -0.05) is 80.6 Å². The average Bonchev–Trinajstić information content (AvgIpc) is 3.51. The summed E-state index contributed by atoms with van der Waals surface area (Å²) in [6.07, 6.45) is 2.26. The molecule has 260 valence electrons. The third kappa shape index (κ3) is 12.6. The Kier molecular flexibility index (Phi) is 14.5. The van der Waals surface area contributed by atoms with E-state index in [2.05, 4.69) is 25.9 Å². The quantitative estimate of drug-likeness (QED) is 0.119. The van der Waals surface area contributed by atoms with Crippen LogP contribution >= 0.6 is 11.3 Å². The van der Waals surface area contributed by atoms with Gasteiger partial charge in [0.1, 0.15) is 12.6 Å². The standard InChI is InChI=1S/C37H45N5O6S/c1-25(2)34(42-37(46)47-18-16-33-26(3)39-24-49-33)35(44)41-31(20-28-13-8-5-9-14-28)32(43)21-30(19-27-11-6-4-7-12-27)40-36(45)48-23-29-15-10-17-38-22-29/h4-15,17,22,24-25,30-32,34,43H,16,18-21,23H2,1-3H3,(H,40,45)(H,41,44)(H,42,46)/t30-,31-,32-,34-/m0/s1. The third-order valence-corrected chi connectivity index (χ3v) is 8.98. The summed E-state index contributed by atoms with van der Waals surface area (Å²) in [6.45, 7) is 5.75. The monoisotopic (exact) mass is 687 g/mol. The lowest BCUT2D eigenvalue weighted by molar-refractivity contribution is -0.125. The van der Waals surface area contributed by atoms with E-state index in [9.17, 15) is 19.5 Å². The second-order valence-corrected chi connectivity index (χ2v) is 13.1. The van der Waals surface area contributed by atoms with Gasteiger partial charge in [-0.25, -0.2) is 14.6 Å². The van der Waals surface area contributed by atoms with Crippen LogP contribution in [0, 0.1) is 12.8 Å². The second kappa shape index (κ2) is 19.3. The summed E-state index contributed by atoms with van der Waals surface area (Å²) in [5.74, 6) is -0.721. The number of aromatic nitrogens is 2. The lowest BCUT2D eigenvalue weighted by Gasteiger charge is -2.30. The van der Waals surface area contributed by atoms with Crippen molar-refractivity contribution < 1.29 is 29.0 Å². The molecule has 4 rings (SSSR count). The van der Waals surface area contributed by atoms with Crippen LogP contribution in [0.25, 0.3) is 0 Å². The van der Waals surface area contributed by atoms with Crippen molar-refractivity contribution in [2.45, 2.75) is 77.3 Å². The highest BCUT2D eigenvalue weighted by Crippen LogP contribution is 2.16. The number of rotatable bonds is 17. The molecule has 0 saturated carbocycles. The number of thiazole rings is 1. The van der Waals surface area contributed by atoms with Gasteiger partial charge < -0.3 is 30.5 Å². The zero-order valence-corrected chi connectivity index (χ0v) is 28.9. The molecule has 0 aliphatic carbocycles. The Hall–Kier alpha value is -4.81. The number of nitrogens with one attached hydrogen (secondary N) is 3. The molecule has 11 nitrogen and oxygen atoms in total. The Morgan fingerprint density at radius 2 is 1.49 bits per heavy atom. The number of aliphatic hydroxyl groups excluding tert-OH is 1. The van der Waals surface area contributed by atoms with Gasteiger partial charge in [-0.3, -0.25) is 9.78 Å². The van der Waals surface area contributed by atoms with Gasteiger partial charge in [0.2, 0.25) is 5.91 Å². The maximum absolute atomic E-state index is 13.7. The summed E-state index contributed by atoms with van der Waals surface area (Å²) in [5.41, 5.74) is 5.26. The lowest BCUT2D eigenvalue weighted by atomic mass is 9.93. The summed E-state index contributed by atoms with van der Waals surface area (Å²) >= 11 is 1.50. The molecule has 12 heteroatoms. The first-order chi connectivity index (χ1) is 23.7. The number of carbonyl (C=O) groups excluding carboxylic acids is 3. The maximum Gasteiger partial charge on any atom is 0.407 e. The van der Waals surface area contributed by atoms with Crippen LogP contribution in [0.4, 0.5) is 9.59 Å². The molecule has 4 aromatic rings. The molecule has 2 aromatic heterocycles. The summed E-state index contributed by atoms with van der Waals surface area (Å²) < 4.78 is 10.8. The first-order valence-corrected chi connectivity index (χ1v) is 17.3. The maximum atomic E-state index is 13.7. The van der Waals surface area contributed by atoms with Crippen molar-refractivity contribution in [3.63, 3.8) is 0 Å². The molecule has 0 radical (unpaired) electrons. The SMILES string of the molecule is Cc1ncsc1CCOC(=O)N[C@H](C(=O)N[C@@H](Cc1ccccc1)[C@@H](O)C[C@H](Cc1ccccc1)NC(=O)OCc1cccnc1)C(C)C. The number of carbonyl (C=O) groups is 3. The zero-order chi connectivity index (χ0) is 35.0. The summed E-state index contributed by atoms with van der Waals surface area (Å²) in [7, 11) is 0. The first-order valence-electron chi connectivity index (χ1n) is 16.4. The Morgan fingerprint density at radius 1 is 0.837 bits per heavy atom. The van der Waals surface area contributed by atoms with Gasteiger partial charge in [-0.15, -0.1) is 11.3 Å². The third-order valence-electron chi connectivity index (χ3n) is 7.99. The van der Waals surface area contributed by atoms with Crippen LogP contribution in [0.5, 0.6) is 0 Å². The van der Waals surface area contributed by atoms with Gasteiger partial charge in [0.25, 0.3) is 0 Å². The molecule has 4 N–H and O–H groups in total. The topological polar surface area (TPSA) is 152 Å². The lowest BCUT2D eigenvalue weighted by Crippen LogP contribution is -2.56. The molecule has 2 aromatic carbocycles. The molecule has 0 aliphatic rings. The van der Waals surface area contributed by atoms with Gasteiger partial charge in [0.15, 0.2) is 0 Å². The number of pyridine rings is 1. The van der Waals surface area contributed by atoms with Crippen molar-refractivity contribution in [1.29, 1.82) is 0 Å². The highest BCUT2D eigenvalue weighted by molar-refractivity contribution is 7.09. The molecular weight excluding hydrogens is 643 g/mol. The Morgan fingerprint density at radius 3 is 2.10 bits per heavy atom. The Labute approximate surface area is 291 Å². The molecule has 2 heterocycles. The number of ether oxygens (including phenoxy) is 2. The molecule has 0 spiro atoms. The van der Waals surface area contributed by atoms with Crippen LogP contribution in [-0.2, 0) is 40.1 Å². The van der Waals surface area contributed by atoms with E-state index in [1.54, 1.807) is 24.0 Å². The highest BCUT2D eigenvalue weighted by Gasteiger charge is 2.31. The van der Waals surface area contributed by atoms with Gasteiger partial charge in [0, 0.05) is 35.3 Å². The minimum absolute atomic E-state index is 0.0455. The Balaban J connectivity index is 1.44. The van der Waals surface area contributed by atoms with Gasteiger partial charge in [-0.2, -0.15) is 0 Å². The zero-order valence-electron chi connectivity index (χ0n) is 28.1.